The van der Waals surface area contributed by atoms with Crippen LogP contribution in [0.5, 0.6) is 0 Å². The van der Waals surface area contributed by atoms with Crippen molar-refractivity contribution in [1.82, 2.24) is 14.4 Å². The van der Waals surface area contributed by atoms with Crippen LogP contribution >= 0.6 is 0 Å². The van der Waals surface area contributed by atoms with Crippen LogP contribution in [-0.4, -0.2) is 14.4 Å². The maximum atomic E-state index is 5.62. The summed E-state index contributed by atoms with van der Waals surface area (Å²) in [5.41, 5.74) is 9.57. The molecule has 0 aliphatic rings. The number of imidazole rings is 1. The van der Waals surface area contributed by atoms with Gasteiger partial charge in [-0.25, -0.2) is 4.98 Å². The van der Waals surface area contributed by atoms with E-state index < -0.39 is 0 Å². The van der Waals surface area contributed by atoms with Gasteiger partial charge in [-0.3, -0.25) is 4.98 Å². The molecule has 0 spiro atoms. The van der Waals surface area contributed by atoms with Crippen LogP contribution in [0.25, 0.3) is 16.9 Å². The molecule has 0 aromatic carbocycles. The molecule has 0 amide bonds. The largest absolute Gasteiger partial charge is 0.326 e. The second-order valence-electron chi connectivity index (χ2n) is 3.87. The Bertz CT molecular complexity index is 643. The van der Waals surface area contributed by atoms with Gasteiger partial charge in [-0.2, -0.15) is 0 Å². The van der Waals surface area contributed by atoms with E-state index in [2.05, 4.69) is 9.97 Å². The third-order valence-electron chi connectivity index (χ3n) is 2.71. The summed E-state index contributed by atoms with van der Waals surface area (Å²) in [6, 6.07) is 7.88. The number of hydrogen-bond donors (Lipinski definition) is 1. The highest BCUT2D eigenvalue weighted by atomic mass is 15.0. The zero-order valence-electron chi connectivity index (χ0n) is 9.24. The second kappa shape index (κ2) is 3.99. The van der Waals surface area contributed by atoms with Crippen molar-refractivity contribution in [2.75, 3.05) is 0 Å². The van der Waals surface area contributed by atoms with Gasteiger partial charge in [-0.05, 0) is 23.8 Å². The highest BCUT2D eigenvalue weighted by Gasteiger charge is 2.04. The monoisotopic (exact) mass is 224 g/mol. The van der Waals surface area contributed by atoms with Crippen LogP contribution in [0.4, 0.5) is 0 Å². The van der Waals surface area contributed by atoms with E-state index in [9.17, 15) is 0 Å². The van der Waals surface area contributed by atoms with E-state index in [4.69, 9.17) is 5.73 Å². The maximum absolute atomic E-state index is 5.62. The molecule has 0 fully saturated rings. The number of fused-ring (bicyclic) bond motifs is 1. The van der Waals surface area contributed by atoms with E-state index in [1.807, 2.05) is 47.3 Å². The molecule has 3 heterocycles. The van der Waals surface area contributed by atoms with E-state index in [0.717, 1.165) is 22.5 Å². The minimum absolute atomic E-state index is 0.538. The van der Waals surface area contributed by atoms with Crippen LogP contribution in [0.2, 0.25) is 0 Å². The zero-order valence-corrected chi connectivity index (χ0v) is 9.24. The van der Waals surface area contributed by atoms with Gasteiger partial charge in [0.2, 0.25) is 0 Å². The topological polar surface area (TPSA) is 56.2 Å². The van der Waals surface area contributed by atoms with Crippen LogP contribution < -0.4 is 5.73 Å². The summed E-state index contributed by atoms with van der Waals surface area (Å²) in [7, 11) is 0. The summed E-state index contributed by atoms with van der Waals surface area (Å²) < 4.78 is 1.99. The molecule has 3 rings (SSSR count). The molecule has 84 valence electrons. The number of rotatable bonds is 2. The standard InChI is InChI=1S/C13H12N4/c14-6-10-3-4-13-16-12(9-17(13)8-10)11-2-1-5-15-7-11/h1-5,7-9H,6,14H2. The first-order valence-corrected chi connectivity index (χ1v) is 5.45. The minimum Gasteiger partial charge on any atom is -0.326 e. The number of nitrogens with zero attached hydrogens (tertiary/aromatic N) is 3. The number of hydrogen-bond acceptors (Lipinski definition) is 3. The van der Waals surface area contributed by atoms with Crippen molar-refractivity contribution in [2.45, 2.75) is 6.54 Å². The van der Waals surface area contributed by atoms with Gasteiger partial charge < -0.3 is 10.1 Å². The van der Waals surface area contributed by atoms with Crippen molar-refractivity contribution in [3.63, 3.8) is 0 Å². The predicted octanol–water partition coefficient (Wildman–Crippen LogP) is 1.85. The molecule has 0 unspecified atom stereocenters. The van der Waals surface area contributed by atoms with Crippen molar-refractivity contribution in [1.29, 1.82) is 0 Å². The molecular formula is C13H12N4. The van der Waals surface area contributed by atoms with Gasteiger partial charge >= 0.3 is 0 Å². The van der Waals surface area contributed by atoms with E-state index >= 15 is 0 Å². The van der Waals surface area contributed by atoms with Crippen molar-refractivity contribution in [2.24, 2.45) is 5.73 Å². The number of pyridine rings is 2. The third-order valence-corrected chi connectivity index (χ3v) is 2.71. The molecule has 2 N–H and O–H groups in total. The first-order chi connectivity index (χ1) is 8.36. The molecule has 4 heteroatoms. The van der Waals surface area contributed by atoms with E-state index in [1.54, 1.807) is 6.20 Å². The SMILES string of the molecule is NCc1ccc2nc(-c3cccnc3)cn2c1. The van der Waals surface area contributed by atoms with E-state index in [-0.39, 0.29) is 0 Å². The lowest BCUT2D eigenvalue weighted by molar-refractivity contribution is 1.03. The Morgan fingerprint density at radius 3 is 2.88 bits per heavy atom. The molecule has 3 aromatic rings. The average Bonchev–Trinajstić information content (AvgIpc) is 2.82. The highest BCUT2D eigenvalue weighted by Crippen LogP contribution is 2.18. The minimum atomic E-state index is 0.538. The quantitative estimate of drug-likeness (QED) is 0.722. The van der Waals surface area contributed by atoms with Gasteiger partial charge in [0.05, 0.1) is 5.69 Å². The van der Waals surface area contributed by atoms with Crippen molar-refractivity contribution in [3.05, 3.63) is 54.6 Å². The Morgan fingerprint density at radius 1 is 1.18 bits per heavy atom. The summed E-state index contributed by atoms with van der Waals surface area (Å²) in [6.07, 6.45) is 7.56. The zero-order chi connectivity index (χ0) is 11.7. The number of aromatic nitrogens is 3. The second-order valence-corrected chi connectivity index (χ2v) is 3.87. The van der Waals surface area contributed by atoms with E-state index in [1.165, 1.54) is 0 Å². The van der Waals surface area contributed by atoms with Crippen molar-refractivity contribution < 1.29 is 0 Å². The Morgan fingerprint density at radius 2 is 2.12 bits per heavy atom. The predicted molar refractivity (Wildman–Crippen MR) is 66.3 cm³/mol. The fraction of sp³-hybridized carbons (Fsp3) is 0.0769. The third kappa shape index (κ3) is 1.79. The van der Waals surface area contributed by atoms with E-state index in [0.29, 0.717) is 6.54 Å². The molecule has 0 bridgehead atoms. The van der Waals surface area contributed by atoms with Gasteiger partial charge in [0.25, 0.3) is 0 Å². The molecule has 17 heavy (non-hydrogen) atoms. The Labute approximate surface area is 98.8 Å². The normalized spacial score (nSPS) is 10.9. The van der Waals surface area contributed by atoms with Gasteiger partial charge in [-0.15, -0.1) is 0 Å². The van der Waals surface area contributed by atoms with Crippen molar-refractivity contribution >= 4 is 5.65 Å². The molecule has 0 radical (unpaired) electrons. The fourth-order valence-corrected chi connectivity index (χ4v) is 1.81. The molecule has 0 aliphatic carbocycles. The molecule has 0 aliphatic heterocycles. The molecule has 0 saturated heterocycles. The lowest BCUT2D eigenvalue weighted by Crippen LogP contribution is -1.97. The summed E-state index contributed by atoms with van der Waals surface area (Å²) >= 11 is 0. The summed E-state index contributed by atoms with van der Waals surface area (Å²) in [5.74, 6) is 0. The molecule has 0 atom stereocenters. The maximum Gasteiger partial charge on any atom is 0.137 e. The Kier molecular flexibility index (Phi) is 2.34. The summed E-state index contributed by atoms with van der Waals surface area (Å²) in [4.78, 5) is 8.64. The van der Waals surface area contributed by atoms with Gasteiger partial charge in [0.15, 0.2) is 0 Å². The molecule has 4 nitrogen and oxygen atoms in total. The smallest absolute Gasteiger partial charge is 0.137 e. The van der Waals surface area contributed by atoms with Crippen LogP contribution in [-0.2, 0) is 6.54 Å². The van der Waals surface area contributed by atoms with Crippen LogP contribution in [0.1, 0.15) is 5.56 Å². The highest BCUT2D eigenvalue weighted by molar-refractivity contribution is 5.61. The van der Waals surface area contributed by atoms with Crippen LogP contribution in [0.15, 0.2) is 49.1 Å². The molecule has 0 saturated carbocycles. The average molecular weight is 224 g/mol. The summed E-state index contributed by atoms with van der Waals surface area (Å²) in [6.45, 7) is 0.538. The first-order valence-electron chi connectivity index (χ1n) is 5.45. The van der Waals surface area contributed by atoms with Crippen LogP contribution in [0, 0.1) is 0 Å². The van der Waals surface area contributed by atoms with Crippen LogP contribution in [0.3, 0.4) is 0 Å². The van der Waals surface area contributed by atoms with Gasteiger partial charge in [0.1, 0.15) is 5.65 Å². The first kappa shape index (κ1) is 9.99. The van der Waals surface area contributed by atoms with Gasteiger partial charge in [-0.1, -0.05) is 6.07 Å². The Hall–Kier alpha value is -2.20. The van der Waals surface area contributed by atoms with Gasteiger partial charge in [0, 0.05) is 36.9 Å². The lowest BCUT2D eigenvalue weighted by atomic mass is 10.2. The lowest BCUT2D eigenvalue weighted by Gasteiger charge is -1.96. The molecule has 3 aromatic heterocycles. The fourth-order valence-electron chi connectivity index (χ4n) is 1.81. The number of nitrogens with two attached hydrogens (primary N) is 1. The molecular weight excluding hydrogens is 212 g/mol. The van der Waals surface area contributed by atoms with Crippen molar-refractivity contribution in [3.8, 4) is 11.3 Å². The Balaban J connectivity index is 2.14. The summed E-state index contributed by atoms with van der Waals surface area (Å²) in [5, 5.41) is 0.